The molecule has 5 rings (SSSR count). The Labute approximate surface area is 221 Å². The molecular formula is C26H21ClN6O5. The van der Waals surface area contributed by atoms with Gasteiger partial charge in [-0.15, -0.1) is 0 Å². The number of nitrogens with zero attached hydrogens (tertiary/aromatic N) is 6. The Kier molecular flexibility index (Phi) is 6.97. The van der Waals surface area contributed by atoms with Gasteiger partial charge in [0.15, 0.2) is 6.23 Å². The van der Waals surface area contributed by atoms with Crippen molar-refractivity contribution in [1.82, 2.24) is 14.5 Å². The van der Waals surface area contributed by atoms with Crippen molar-refractivity contribution in [2.24, 2.45) is 5.11 Å². The Morgan fingerprint density at radius 2 is 1.74 bits per heavy atom. The van der Waals surface area contributed by atoms with E-state index < -0.39 is 35.9 Å². The molecular weight excluding hydrogens is 512 g/mol. The Hall–Kier alpha value is -4.44. The predicted octanol–water partition coefficient (Wildman–Crippen LogP) is 5.13. The van der Waals surface area contributed by atoms with Crippen molar-refractivity contribution in [2.75, 3.05) is 6.61 Å². The van der Waals surface area contributed by atoms with Crippen LogP contribution in [0, 0.1) is 0 Å². The zero-order valence-corrected chi connectivity index (χ0v) is 20.8. The highest BCUT2D eigenvalue weighted by Crippen LogP contribution is 2.45. The van der Waals surface area contributed by atoms with Gasteiger partial charge in [0.2, 0.25) is 0 Å². The van der Waals surface area contributed by atoms with Crippen molar-refractivity contribution in [3.8, 4) is 0 Å². The summed E-state index contributed by atoms with van der Waals surface area (Å²) in [5.74, 6) is -1.23. The summed E-state index contributed by atoms with van der Waals surface area (Å²) in [6.45, 7) is 1.33. The number of hydrogen-bond acceptors (Lipinski definition) is 8. The van der Waals surface area contributed by atoms with Crippen LogP contribution in [0.3, 0.4) is 0 Å². The molecule has 0 N–H and O–H groups in total. The SMILES string of the molecule is C[C@]1(N=[N+]=[N-])C(n2ccc3c(Cl)ncnc32)O[C@H](COC(=O)c2ccccc2)[C@H]1OC(=O)c1ccccc1. The largest absolute Gasteiger partial charge is 0.459 e. The second-order valence-electron chi connectivity index (χ2n) is 8.72. The standard InChI is InChI=1S/C26H21ClN6O5/c1-26(31-32-28)20(38-24(35)17-10-6-3-7-11-17)19(14-36-23(34)16-8-4-2-5-9-16)37-25(26)33-13-12-18-21(27)29-15-30-22(18)33/h2-13,15,19-20,25H,14H2,1H3/t19-,20-,25?,26-/m1/s1. The van der Waals surface area contributed by atoms with Crippen LogP contribution in [0.5, 0.6) is 0 Å². The molecule has 0 spiro atoms. The summed E-state index contributed by atoms with van der Waals surface area (Å²) < 4.78 is 19.3. The predicted molar refractivity (Wildman–Crippen MR) is 136 cm³/mol. The lowest BCUT2D eigenvalue weighted by Crippen LogP contribution is -2.46. The fourth-order valence-electron chi connectivity index (χ4n) is 4.47. The monoisotopic (exact) mass is 532 g/mol. The van der Waals surface area contributed by atoms with E-state index >= 15 is 0 Å². The first-order valence-corrected chi connectivity index (χ1v) is 12.0. The first kappa shape index (κ1) is 25.2. The molecule has 4 aromatic rings. The molecule has 1 aliphatic heterocycles. The fourth-order valence-corrected chi connectivity index (χ4v) is 4.66. The van der Waals surface area contributed by atoms with E-state index in [1.165, 1.54) is 6.33 Å². The highest BCUT2D eigenvalue weighted by Gasteiger charge is 2.57. The van der Waals surface area contributed by atoms with Crippen LogP contribution >= 0.6 is 11.6 Å². The summed E-state index contributed by atoms with van der Waals surface area (Å²) in [6.07, 6.45) is -0.140. The molecule has 3 heterocycles. The molecule has 0 saturated carbocycles. The number of fused-ring (bicyclic) bond motifs is 1. The Balaban J connectivity index is 1.52. The Morgan fingerprint density at radius 3 is 2.39 bits per heavy atom. The molecule has 2 aromatic carbocycles. The van der Waals surface area contributed by atoms with Crippen LogP contribution in [0.25, 0.3) is 21.5 Å². The number of carbonyl (C=O) groups is 2. The van der Waals surface area contributed by atoms with Crippen LogP contribution < -0.4 is 0 Å². The maximum absolute atomic E-state index is 13.1. The highest BCUT2D eigenvalue weighted by molar-refractivity contribution is 6.33. The quantitative estimate of drug-likeness (QED) is 0.105. The van der Waals surface area contributed by atoms with Gasteiger partial charge in [0, 0.05) is 11.1 Å². The lowest BCUT2D eigenvalue weighted by molar-refractivity contribution is -0.0567. The van der Waals surface area contributed by atoms with Gasteiger partial charge in [-0.2, -0.15) is 0 Å². The lowest BCUT2D eigenvalue weighted by atomic mass is 9.92. The van der Waals surface area contributed by atoms with E-state index in [4.69, 9.17) is 25.8 Å². The molecule has 0 aliphatic carbocycles. The summed E-state index contributed by atoms with van der Waals surface area (Å²) in [5.41, 5.74) is 9.11. The van der Waals surface area contributed by atoms with E-state index in [-0.39, 0.29) is 11.8 Å². The number of halogens is 1. The minimum Gasteiger partial charge on any atom is -0.459 e. The van der Waals surface area contributed by atoms with E-state index in [0.29, 0.717) is 22.2 Å². The molecule has 192 valence electrons. The number of rotatable bonds is 7. The summed E-state index contributed by atoms with van der Waals surface area (Å²) in [4.78, 5) is 37.1. The number of hydrogen-bond donors (Lipinski definition) is 0. The van der Waals surface area contributed by atoms with Crippen molar-refractivity contribution in [3.63, 3.8) is 0 Å². The molecule has 38 heavy (non-hydrogen) atoms. The van der Waals surface area contributed by atoms with Crippen molar-refractivity contribution in [3.05, 3.63) is 106 Å². The smallest absolute Gasteiger partial charge is 0.338 e. The van der Waals surface area contributed by atoms with Gasteiger partial charge >= 0.3 is 11.9 Å². The van der Waals surface area contributed by atoms with Crippen LogP contribution in [0.2, 0.25) is 5.15 Å². The Bertz CT molecular complexity index is 1530. The molecule has 4 atom stereocenters. The van der Waals surface area contributed by atoms with Gasteiger partial charge in [-0.3, -0.25) is 0 Å². The summed E-state index contributed by atoms with van der Waals surface area (Å²) in [6, 6.07) is 18.5. The summed E-state index contributed by atoms with van der Waals surface area (Å²) >= 11 is 6.23. The molecule has 1 aliphatic rings. The minimum absolute atomic E-state index is 0.234. The third-order valence-corrected chi connectivity index (χ3v) is 6.62. The van der Waals surface area contributed by atoms with Crippen LogP contribution in [0.1, 0.15) is 33.9 Å². The molecule has 0 amide bonds. The van der Waals surface area contributed by atoms with Gasteiger partial charge in [-0.25, -0.2) is 19.6 Å². The van der Waals surface area contributed by atoms with Crippen LogP contribution in [-0.4, -0.2) is 50.8 Å². The molecule has 11 nitrogen and oxygen atoms in total. The zero-order valence-electron chi connectivity index (χ0n) is 20.0. The van der Waals surface area contributed by atoms with Gasteiger partial charge in [0.25, 0.3) is 0 Å². The van der Waals surface area contributed by atoms with Gasteiger partial charge in [-0.1, -0.05) is 53.1 Å². The molecule has 0 bridgehead atoms. The van der Waals surface area contributed by atoms with Gasteiger partial charge in [0.05, 0.1) is 16.5 Å². The van der Waals surface area contributed by atoms with Gasteiger partial charge in [0.1, 0.15) is 41.5 Å². The zero-order chi connectivity index (χ0) is 26.7. The minimum atomic E-state index is -1.47. The average Bonchev–Trinajstić information content (AvgIpc) is 3.48. The number of esters is 2. The molecule has 0 radical (unpaired) electrons. The maximum atomic E-state index is 13.1. The molecule has 1 fully saturated rings. The number of carbonyl (C=O) groups excluding carboxylic acids is 2. The first-order valence-electron chi connectivity index (χ1n) is 11.6. The first-order chi connectivity index (χ1) is 18.4. The Morgan fingerprint density at radius 1 is 1.08 bits per heavy atom. The third-order valence-electron chi connectivity index (χ3n) is 6.32. The van der Waals surface area contributed by atoms with Crippen molar-refractivity contribution in [2.45, 2.75) is 30.9 Å². The number of azide groups is 1. The van der Waals surface area contributed by atoms with Crippen molar-refractivity contribution < 1.29 is 23.8 Å². The third kappa shape index (κ3) is 4.66. The highest BCUT2D eigenvalue weighted by atomic mass is 35.5. The van der Waals surface area contributed by atoms with Gasteiger partial charge in [-0.05, 0) is 42.8 Å². The summed E-state index contributed by atoms with van der Waals surface area (Å²) in [7, 11) is 0. The normalized spacial score (nSPS) is 22.5. The van der Waals surface area contributed by atoms with Crippen molar-refractivity contribution in [1.29, 1.82) is 0 Å². The summed E-state index contributed by atoms with van der Waals surface area (Å²) in [5, 5.41) is 4.81. The number of ether oxygens (including phenoxy) is 3. The molecule has 1 unspecified atom stereocenters. The second kappa shape index (κ2) is 10.5. The second-order valence-corrected chi connectivity index (χ2v) is 9.08. The van der Waals surface area contributed by atoms with E-state index in [1.54, 1.807) is 84.4 Å². The van der Waals surface area contributed by atoms with Crippen LogP contribution in [0.4, 0.5) is 0 Å². The topological polar surface area (TPSA) is 141 Å². The van der Waals surface area contributed by atoms with E-state index in [0.717, 1.165) is 0 Å². The average molecular weight is 533 g/mol. The van der Waals surface area contributed by atoms with E-state index in [1.807, 2.05) is 0 Å². The lowest BCUT2D eigenvalue weighted by Gasteiger charge is -2.31. The van der Waals surface area contributed by atoms with Crippen LogP contribution in [-0.2, 0) is 14.2 Å². The maximum Gasteiger partial charge on any atom is 0.338 e. The number of aromatic nitrogens is 3. The van der Waals surface area contributed by atoms with Crippen molar-refractivity contribution >= 4 is 34.6 Å². The molecule has 12 heteroatoms. The van der Waals surface area contributed by atoms with E-state index in [2.05, 4.69) is 20.0 Å². The van der Waals surface area contributed by atoms with E-state index in [9.17, 15) is 15.1 Å². The molecule has 2 aromatic heterocycles. The van der Waals surface area contributed by atoms with Crippen LogP contribution in [0.15, 0.2) is 84.4 Å². The number of benzene rings is 2. The van der Waals surface area contributed by atoms with Gasteiger partial charge < -0.3 is 18.8 Å². The molecule has 1 saturated heterocycles. The fraction of sp³-hybridized carbons (Fsp3) is 0.231.